The lowest BCUT2D eigenvalue weighted by Crippen LogP contribution is -2.65. The van der Waals surface area contributed by atoms with Crippen LogP contribution in [-0.2, 0) is 28.5 Å². The molecule has 0 saturated carbocycles. The summed E-state index contributed by atoms with van der Waals surface area (Å²) in [4.78, 5) is 23.7. The molecule has 0 aliphatic carbocycles. The maximum Gasteiger partial charge on any atom is 0.306 e. The summed E-state index contributed by atoms with van der Waals surface area (Å²) < 4.78 is 22.2. The van der Waals surface area contributed by atoms with Crippen molar-refractivity contribution in [3.63, 3.8) is 0 Å². The molecule has 10 unspecified atom stereocenters. The van der Waals surface area contributed by atoms with Crippen molar-refractivity contribution in [1.82, 2.24) is 5.32 Å². The van der Waals surface area contributed by atoms with E-state index < -0.39 is 35.8 Å². The van der Waals surface area contributed by atoms with Gasteiger partial charge < -0.3 is 39.6 Å². The van der Waals surface area contributed by atoms with Gasteiger partial charge in [0.05, 0.1) is 24.9 Å². The van der Waals surface area contributed by atoms with Crippen LogP contribution in [0.15, 0.2) is 36.0 Å². The number of hydrogen-bond donors (Lipinski definition) is 4. The number of nitrogens with one attached hydrogen (secondary N) is 1. The summed E-state index contributed by atoms with van der Waals surface area (Å²) in [6, 6.07) is -0.137. The van der Waals surface area contributed by atoms with Crippen LogP contribution in [0.1, 0.15) is 60.8 Å². The summed E-state index contributed by atoms with van der Waals surface area (Å²) in [5, 5.41) is 34.2. The molecule has 3 aliphatic heterocycles. The Morgan fingerprint density at radius 3 is 2.55 bits per heavy atom. The fourth-order valence-electron chi connectivity index (χ4n) is 4.97. The Morgan fingerprint density at radius 1 is 1.24 bits per heavy atom. The zero-order valence-electron chi connectivity index (χ0n) is 23.1. The lowest BCUT2D eigenvalue weighted by Gasteiger charge is -2.44. The zero-order chi connectivity index (χ0) is 28.3. The number of aliphatic hydroxyl groups excluding tert-OH is 2. The van der Waals surface area contributed by atoms with Gasteiger partial charge >= 0.3 is 5.97 Å². The van der Waals surface area contributed by atoms with E-state index in [9.17, 15) is 24.9 Å². The number of aliphatic hydroxyl groups is 3. The molecule has 10 atom stereocenters. The highest BCUT2D eigenvalue weighted by Crippen LogP contribution is 2.45. The number of esters is 1. The highest BCUT2D eigenvalue weighted by atomic mass is 16.7. The Labute approximate surface area is 224 Å². The van der Waals surface area contributed by atoms with E-state index in [4.69, 9.17) is 18.9 Å². The molecule has 4 N–H and O–H groups in total. The van der Waals surface area contributed by atoms with E-state index in [0.29, 0.717) is 6.42 Å². The van der Waals surface area contributed by atoms with E-state index in [1.807, 2.05) is 26.0 Å². The number of epoxide rings is 1. The molecule has 0 radical (unpaired) electrons. The SMILES string of the molecule is CCC(=O)OC(C)/C=C\C(=O)NC1CC(C)C(C/C=C(C)/C=C/C2OC(C)(O)C(O)C3(CO3)C2O)OC1C. The smallest absolute Gasteiger partial charge is 0.306 e. The van der Waals surface area contributed by atoms with Crippen molar-refractivity contribution in [3.8, 4) is 0 Å². The van der Waals surface area contributed by atoms with Crippen molar-refractivity contribution >= 4 is 11.9 Å². The molecule has 0 aromatic heterocycles. The lowest BCUT2D eigenvalue weighted by molar-refractivity contribution is -0.321. The zero-order valence-corrected chi connectivity index (χ0v) is 23.1. The highest BCUT2D eigenvalue weighted by molar-refractivity contribution is 5.87. The van der Waals surface area contributed by atoms with Gasteiger partial charge in [0.25, 0.3) is 0 Å². The normalized spacial score (nSPS) is 40.4. The summed E-state index contributed by atoms with van der Waals surface area (Å²) in [7, 11) is 0. The Bertz CT molecular complexity index is 939. The third-order valence-electron chi connectivity index (χ3n) is 7.52. The monoisotopic (exact) mass is 537 g/mol. The van der Waals surface area contributed by atoms with E-state index >= 15 is 0 Å². The van der Waals surface area contributed by atoms with Gasteiger partial charge in [0, 0.05) is 12.5 Å². The van der Waals surface area contributed by atoms with Gasteiger partial charge in [-0.2, -0.15) is 0 Å². The van der Waals surface area contributed by atoms with Gasteiger partial charge in [-0.3, -0.25) is 9.59 Å². The second-order valence-electron chi connectivity index (χ2n) is 10.9. The fourth-order valence-corrected chi connectivity index (χ4v) is 4.97. The Morgan fingerprint density at radius 2 is 1.92 bits per heavy atom. The molecule has 10 nitrogen and oxygen atoms in total. The van der Waals surface area contributed by atoms with Crippen molar-refractivity contribution < 1.29 is 43.9 Å². The molecule has 0 bridgehead atoms. The minimum Gasteiger partial charge on any atom is -0.458 e. The molecule has 1 amide bonds. The molecular formula is C28H43NO9. The van der Waals surface area contributed by atoms with Crippen LogP contribution in [0.2, 0.25) is 0 Å². The predicted octanol–water partition coefficient (Wildman–Crippen LogP) is 1.67. The van der Waals surface area contributed by atoms with Gasteiger partial charge in [0.2, 0.25) is 5.91 Å². The number of carbonyl (C=O) groups excluding carboxylic acids is 2. The summed E-state index contributed by atoms with van der Waals surface area (Å²) in [5.41, 5.74) is -0.267. The van der Waals surface area contributed by atoms with Crippen LogP contribution in [-0.4, -0.2) is 87.9 Å². The van der Waals surface area contributed by atoms with Crippen LogP contribution >= 0.6 is 0 Å². The minimum atomic E-state index is -1.83. The van der Waals surface area contributed by atoms with Crippen LogP contribution in [0.4, 0.5) is 0 Å². The molecule has 10 heteroatoms. The largest absolute Gasteiger partial charge is 0.458 e. The average Bonchev–Trinajstić information content (AvgIpc) is 3.66. The Kier molecular flexibility index (Phi) is 9.94. The average molecular weight is 538 g/mol. The van der Waals surface area contributed by atoms with E-state index in [-0.39, 0.29) is 49.1 Å². The Balaban J connectivity index is 1.49. The summed E-state index contributed by atoms with van der Waals surface area (Å²) in [6.45, 7) is 10.9. The van der Waals surface area contributed by atoms with Crippen molar-refractivity contribution in [2.75, 3.05) is 6.61 Å². The standard InChI is InChI=1S/C28H43NO9/c1-7-24(31)36-18(4)10-13-23(30)29-20-14-17(3)21(37-19(20)5)11-8-16(2)9-12-22-25(32)28(15-35-28)26(33)27(6,34)38-22/h8-10,12-13,17-22,25-26,32-34H,7,11,14-15H2,1-6H3,(H,29,30)/b12-9+,13-10-,16-8+. The fraction of sp³-hybridized carbons (Fsp3) is 0.714. The molecule has 3 aliphatic rings. The molecule has 3 fully saturated rings. The van der Waals surface area contributed by atoms with E-state index in [0.717, 1.165) is 12.0 Å². The van der Waals surface area contributed by atoms with Crippen molar-refractivity contribution in [2.24, 2.45) is 5.92 Å². The first-order chi connectivity index (χ1) is 17.8. The van der Waals surface area contributed by atoms with Crippen LogP contribution in [0.5, 0.6) is 0 Å². The number of hydrogen-bond acceptors (Lipinski definition) is 9. The highest BCUT2D eigenvalue weighted by Gasteiger charge is 2.68. The van der Waals surface area contributed by atoms with E-state index in [2.05, 4.69) is 12.2 Å². The van der Waals surface area contributed by atoms with Crippen LogP contribution in [0.3, 0.4) is 0 Å². The predicted molar refractivity (Wildman–Crippen MR) is 139 cm³/mol. The third-order valence-corrected chi connectivity index (χ3v) is 7.52. The van der Waals surface area contributed by atoms with Gasteiger partial charge in [0.1, 0.15) is 24.4 Å². The van der Waals surface area contributed by atoms with Crippen LogP contribution < -0.4 is 5.32 Å². The maximum atomic E-state index is 12.4. The van der Waals surface area contributed by atoms with E-state index in [1.165, 1.54) is 13.0 Å². The first-order valence-corrected chi connectivity index (χ1v) is 13.4. The maximum absolute atomic E-state index is 12.4. The van der Waals surface area contributed by atoms with Gasteiger partial charge in [0.15, 0.2) is 11.4 Å². The number of rotatable bonds is 9. The van der Waals surface area contributed by atoms with Crippen molar-refractivity contribution in [1.29, 1.82) is 0 Å². The molecule has 3 heterocycles. The van der Waals surface area contributed by atoms with Gasteiger partial charge in [-0.25, -0.2) is 0 Å². The van der Waals surface area contributed by atoms with Crippen LogP contribution in [0.25, 0.3) is 0 Å². The molecule has 214 valence electrons. The molecule has 1 spiro atoms. The first-order valence-electron chi connectivity index (χ1n) is 13.4. The van der Waals surface area contributed by atoms with Crippen molar-refractivity contribution in [2.45, 2.75) is 115 Å². The summed E-state index contributed by atoms with van der Waals surface area (Å²) in [5.74, 6) is -2.20. The molecule has 3 saturated heterocycles. The Hall–Kier alpha value is -2.08. The number of carbonyl (C=O) groups is 2. The molecule has 3 rings (SSSR count). The van der Waals surface area contributed by atoms with Gasteiger partial charge in [-0.15, -0.1) is 0 Å². The molecule has 38 heavy (non-hydrogen) atoms. The third kappa shape index (κ3) is 7.31. The minimum absolute atomic E-state index is 0.0268. The first kappa shape index (κ1) is 30.5. The molecular weight excluding hydrogens is 494 g/mol. The second kappa shape index (κ2) is 12.4. The van der Waals surface area contributed by atoms with Gasteiger partial charge in [-0.05, 0) is 52.5 Å². The van der Waals surface area contributed by atoms with E-state index in [1.54, 1.807) is 26.0 Å². The quantitative estimate of drug-likeness (QED) is 0.149. The number of ether oxygens (including phenoxy) is 4. The van der Waals surface area contributed by atoms with Crippen molar-refractivity contribution in [3.05, 3.63) is 36.0 Å². The lowest BCUT2D eigenvalue weighted by atomic mass is 9.84. The second-order valence-corrected chi connectivity index (χ2v) is 10.9. The summed E-state index contributed by atoms with van der Waals surface area (Å²) in [6.07, 6.45) is 6.23. The molecule has 0 aromatic carbocycles. The topological polar surface area (TPSA) is 147 Å². The number of allylic oxidation sites excluding steroid dienone is 2. The van der Waals surface area contributed by atoms with Gasteiger partial charge in [-0.1, -0.05) is 37.6 Å². The van der Waals surface area contributed by atoms with Crippen LogP contribution in [0, 0.1) is 5.92 Å². The molecule has 0 aromatic rings. The number of amides is 1. The summed E-state index contributed by atoms with van der Waals surface area (Å²) >= 11 is 0.